The van der Waals surface area contributed by atoms with E-state index in [4.69, 9.17) is 40.0 Å². The molecule has 0 saturated carbocycles. The van der Waals surface area contributed by atoms with E-state index < -0.39 is 104 Å². The average Bonchev–Trinajstić information content (AvgIpc) is 2.83. The van der Waals surface area contributed by atoms with Gasteiger partial charge in [0.25, 0.3) is 0 Å². The summed E-state index contributed by atoms with van der Waals surface area (Å²) >= 11 is 6.57. The van der Waals surface area contributed by atoms with E-state index in [0.717, 1.165) is 0 Å². The normalized spacial score (nSPS) is 50.0. The maximum absolute atomic E-state index is 11.8. The quantitative estimate of drug-likeness (QED) is 0.155. The number of hydrogen-bond acceptors (Lipinski definition) is 13. The lowest BCUT2D eigenvalue weighted by molar-refractivity contribution is -0.344. The molecule has 210 valence electrons. The van der Waals surface area contributed by atoms with Crippen molar-refractivity contribution in [2.24, 2.45) is 0 Å². The van der Waals surface area contributed by atoms with Crippen LogP contribution in [-0.2, 0) is 33.2 Å². The molecule has 3 fully saturated rings. The summed E-state index contributed by atoms with van der Waals surface area (Å²) in [5.41, 5.74) is 0. The number of methoxy groups -OCH3 is 1. The van der Waals surface area contributed by atoms with Crippen LogP contribution in [0.5, 0.6) is 0 Å². The van der Waals surface area contributed by atoms with Crippen LogP contribution in [0.25, 0.3) is 0 Å². The highest BCUT2D eigenvalue weighted by atomic mass is 35.5. The van der Waals surface area contributed by atoms with Crippen molar-refractivity contribution >= 4 is 17.5 Å². The van der Waals surface area contributed by atoms with Crippen molar-refractivity contribution in [3.8, 4) is 0 Å². The molecule has 14 nitrogen and oxygen atoms in total. The summed E-state index contributed by atoms with van der Waals surface area (Å²) in [5.74, 6) is -0.468. The lowest BCUT2D eigenvalue weighted by Gasteiger charge is -2.48. The predicted octanol–water partition coefficient (Wildman–Crippen LogP) is -3.47. The lowest BCUT2D eigenvalue weighted by atomic mass is 9.95. The molecule has 3 aliphatic heterocycles. The molecule has 0 aromatic rings. The summed E-state index contributed by atoms with van der Waals surface area (Å²) < 4.78 is 33.7. The molecule has 3 saturated heterocycles. The van der Waals surface area contributed by atoms with Gasteiger partial charge in [0.15, 0.2) is 18.9 Å². The zero-order valence-electron chi connectivity index (χ0n) is 20.3. The highest BCUT2D eigenvalue weighted by Gasteiger charge is 2.53. The number of hydrogen-bond donors (Lipinski definition) is 7. The second-order valence-corrected chi connectivity index (χ2v) is 9.71. The van der Waals surface area contributed by atoms with Crippen LogP contribution >= 0.6 is 11.6 Å². The lowest BCUT2D eigenvalue weighted by Crippen LogP contribution is -2.67. The number of nitrogens with one attached hydrogen (secondary N) is 1. The summed E-state index contributed by atoms with van der Waals surface area (Å²) in [6.45, 7) is 3.66. The molecule has 3 heterocycles. The van der Waals surface area contributed by atoms with Crippen LogP contribution in [0.2, 0.25) is 0 Å². The van der Waals surface area contributed by atoms with Gasteiger partial charge in [0.2, 0.25) is 5.91 Å². The number of amides is 1. The third-order valence-electron chi connectivity index (χ3n) is 6.59. The first-order chi connectivity index (χ1) is 16.9. The molecular formula is C21H36ClNO13. The van der Waals surface area contributed by atoms with Crippen LogP contribution < -0.4 is 5.32 Å². The van der Waals surface area contributed by atoms with Crippen LogP contribution in [-0.4, -0.2) is 142 Å². The van der Waals surface area contributed by atoms with Crippen LogP contribution in [0.1, 0.15) is 20.8 Å². The number of ether oxygens (including phenoxy) is 6. The zero-order chi connectivity index (χ0) is 26.9. The predicted molar refractivity (Wildman–Crippen MR) is 118 cm³/mol. The minimum Gasteiger partial charge on any atom is -0.394 e. The van der Waals surface area contributed by atoms with Gasteiger partial charge < -0.3 is 64.4 Å². The van der Waals surface area contributed by atoms with E-state index in [0.29, 0.717) is 0 Å². The van der Waals surface area contributed by atoms with Gasteiger partial charge in [0, 0.05) is 14.0 Å². The minimum atomic E-state index is -1.64. The van der Waals surface area contributed by atoms with Gasteiger partial charge in [-0.15, -0.1) is 11.6 Å². The number of carbonyl (C=O) groups excluding carboxylic acids is 1. The Hall–Kier alpha value is -0.720. The highest BCUT2D eigenvalue weighted by molar-refractivity contribution is 6.21. The van der Waals surface area contributed by atoms with Crippen molar-refractivity contribution in [2.75, 3.05) is 13.7 Å². The van der Waals surface area contributed by atoms with Crippen molar-refractivity contribution in [2.45, 2.75) is 112 Å². The molecule has 0 bridgehead atoms. The van der Waals surface area contributed by atoms with Crippen LogP contribution in [0.15, 0.2) is 0 Å². The second-order valence-electron chi connectivity index (χ2n) is 9.21. The summed E-state index contributed by atoms with van der Waals surface area (Å²) in [6, 6.07) is -1.03. The van der Waals surface area contributed by atoms with Gasteiger partial charge in [0.05, 0.1) is 18.8 Å². The largest absolute Gasteiger partial charge is 0.394 e. The smallest absolute Gasteiger partial charge is 0.217 e. The van der Waals surface area contributed by atoms with Gasteiger partial charge in [-0.2, -0.15) is 0 Å². The van der Waals surface area contributed by atoms with E-state index >= 15 is 0 Å². The van der Waals surface area contributed by atoms with Gasteiger partial charge in [-0.05, 0) is 13.8 Å². The van der Waals surface area contributed by atoms with Gasteiger partial charge in [0.1, 0.15) is 60.3 Å². The molecule has 3 rings (SSSR count). The molecule has 15 atom stereocenters. The maximum atomic E-state index is 11.8. The third kappa shape index (κ3) is 6.12. The third-order valence-corrected chi connectivity index (χ3v) is 7.04. The monoisotopic (exact) mass is 545 g/mol. The molecule has 0 aromatic heterocycles. The Bertz CT molecular complexity index is 736. The molecule has 0 aromatic carbocycles. The molecule has 0 spiro atoms. The molecular weight excluding hydrogens is 510 g/mol. The van der Waals surface area contributed by atoms with Gasteiger partial charge in [-0.25, -0.2) is 0 Å². The molecule has 1 amide bonds. The van der Waals surface area contributed by atoms with E-state index in [-0.39, 0.29) is 0 Å². The van der Waals surface area contributed by atoms with Crippen LogP contribution in [0.3, 0.4) is 0 Å². The van der Waals surface area contributed by atoms with E-state index in [1.165, 1.54) is 27.9 Å². The number of halogens is 1. The SMILES string of the molecule is CO[C@@H]1O[C@H](CO)[C@@H](O)[C@H](O[C@@H]2O[C@@H](C)[C@H](O)[C@@H](O[C@@H]3O[C@@H](C)[C@H](O)[C@@H](O)[C@H]3O)[C@H]2Cl)[C@H]1NC(C)=O. The Labute approximate surface area is 212 Å². The Morgan fingerprint density at radius 3 is 2.00 bits per heavy atom. The second kappa shape index (κ2) is 12.4. The first kappa shape index (κ1) is 29.8. The number of alkyl halides is 1. The number of aliphatic hydroxyl groups is 6. The van der Waals surface area contributed by atoms with Crippen molar-refractivity contribution in [3.05, 3.63) is 0 Å². The molecule has 0 aliphatic carbocycles. The molecule has 7 N–H and O–H groups in total. The van der Waals surface area contributed by atoms with E-state index in [1.54, 1.807) is 0 Å². The Morgan fingerprint density at radius 2 is 1.42 bits per heavy atom. The zero-order valence-corrected chi connectivity index (χ0v) is 21.0. The van der Waals surface area contributed by atoms with Crippen LogP contribution in [0.4, 0.5) is 0 Å². The summed E-state index contributed by atoms with van der Waals surface area (Å²) in [6.07, 6.45) is -16.6. The highest BCUT2D eigenvalue weighted by Crippen LogP contribution is 2.34. The van der Waals surface area contributed by atoms with Crippen molar-refractivity contribution in [3.63, 3.8) is 0 Å². The van der Waals surface area contributed by atoms with Gasteiger partial charge >= 0.3 is 0 Å². The molecule has 0 radical (unpaired) electrons. The molecule has 0 unspecified atom stereocenters. The van der Waals surface area contributed by atoms with Gasteiger partial charge in [-0.1, -0.05) is 0 Å². The van der Waals surface area contributed by atoms with Crippen molar-refractivity contribution in [1.29, 1.82) is 0 Å². The maximum Gasteiger partial charge on any atom is 0.217 e. The Morgan fingerprint density at radius 1 is 0.833 bits per heavy atom. The number of rotatable bonds is 7. The minimum absolute atomic E-state index is 0.468. The van der Waals surface area contributed by atoms with E-state index in [1.807, 2.05) is 0 Å². The number of aliphatic hydroxyl groups excluding tert-OH is 6. The summed E-state index contributed by atoms with van der Waals surface area (Å²) in [4.78, 5) is 11.8. The van der Waals surface area contributed by atoms with Crippen LogP contribution in [0, 0.1) is 0 Å². The molecule has 36 heavy (non-hydrogen) atoms. The fourth-order valence-electron chi connectivity index (χ4n) is 4.50. The van der Waals surface area contributed by atoms with E-state index in [9.17, 15) is 35.4 Å². The fraction of sp³-hybridized carbons (Fsp3) is 0.952. The van der Waals surface area contributed by atoms with E-state index in [2.05, 4.69) is 5.32 Å². The summed E-state index contributed by atoms with van der Waals surface area (Å²) in [5, 5.41) is 62.8. The van der Waals surface area contributed by atoms with Crippen molar-refractivity contribution in [1.82, 2.24) is 5.32 Å². The Balaban J connectivity index is 1.81. The van der Waals surface area contributed by atoms with Crippen molar-refractivity contribution < 1.29 is 63.9 Å². The first-order valence-corrected chi connectivity index (χ1v) is 12.1. The molecule has 3 aliphatic rings. The standard InChI is InChI=1S/C21H36ClNO13/c1-6-12(26)15(29)16(30)21(33-6)35-17-10(22)19(32-7(2)13(17)27)36-18-11(23-8(3)25)20(31-4)34-9(5-24)14(18)28/h6-7,9-21,24,26-30H,5H2,1-4H3,(H,23,25)/t6-,7-,9+,10+,11+,12-,13-,14+,15+,16+,17-,18+,19-,20+,21-/m0/s1. The average molecular weight is 546 g/mol. The molecule has 15 heteroatoms. The summed E-state index contributed by atoms with van der Waals surface area (Å²) in [7, 11) is 1.31. The fourth-order valence-corrected chi connectivity index (χ4v) is 4.82. The van der Waals surface area contributed by atoms with Gasteiger partial charge in [-0.3, -0.25) is 4.79 Å². The Kier molecular flexibility index (Phi) is 10.3. The number of carbonyl (C=O) groups is 1. The first-order valence-electron chi connectivity index (χ1n) is 11.6. The topological polar surface area (TPSA) is 206 Å².